The number of unbranched alkanes of at least 4 members (excludes halogenated alkanes) is 7. The first kappa shape index (κ1) is 17.4. The molecule has 0 aliphatic rings. The van der Waals surface area contributed by atoms with Gasteiger partial charge in [-0.3, -0.25) is 0 Å². The van der Waals surface area contributed by atoms with Crippen LogP contribution < -0.4 is 11.6 Å². The molecule has 96 valence electrons. The summed E-state index contributed by atoms with van der Waals surface area (Å²) in [7, 11) is 0. The number of rotatable bonds is 9. The van der Waals surface area contributed by atoms with Crippen molar-refractivity contribution in [2.75, 3.05) is 6.54 Å². The van der Waals surface area contributed by atoms with Crippen LogP contribution in [0, 0.1) is 5.53 Å². The maximum absolute atomic E-state index is 6.00. The highest BCUT2D eigenvalue weighted by molar-refractivity contribution is 5.52. The van der Waals surface area contributed by atoms with Crippen LogP contribution >= 0.6 is 0 Å². The molecule has 0 aromatic heterocycles. The fourth-order valence-corrected chi connectivity index (χ4v) is 1.31. The van der Waals surface area contributed by atoms with Crippen molar-refractivity contribution in [1.29, 1.82) is 5.53 Å². The Hall–Kier alpha value is -0.970. The summed E-state index contributed by atoms with van der Waals surface area (Å²) in [5, 5.41) is 5.56. The normalized spacial score (nSPS) is 9.88. The van der Waals surface area contributed by atoms with Gasteiger partial charge in [0, 0.05) is 0 Å². The molecule has 0 aromatic carbocycles. The van der Waals surface area contributed by atoms with Crippen molar-refractivity contribution in [3.8, 4) is 0 Å². The van der Waals surface area contributed by atoms with Crippen molar-refractivity contribution in [3.63, 3.8) is 0 Å². The molecule has 0 spiro atoms. The van der Waals surface area contributed by atoms with E-state index in [1.54, 1.807) is 0 Å². The third-order valence-electron chi connectivity index (χ3n) is 2.18. The Bertz CT molecular complexity index is 139. The lowest BCUT2D eigenvalue weighted by Crippen LogP contribution is -1.97. The SMILES string of the molecule is CCCCCCCCCCN.N=NC=NN. The minimum Gasteiger partial charge on any atom is -0.330 e. The molecule has 0 unspecified atom stereocenters. The van der Waals surface area contributed by atoms with Gasteiger partial charge in [0.1, 0.15) is 0 Å². The average Bonchev–Trinajstić information content (AvgIpc) is 2.30. The van der Waals surface area contributed by atoms with Gasteiger partial charge < -0.3 is 11.6 Å². The van der Waals surface area contributed by atoms with Crippen LogP contribution in [-0.2, 0) is 0 Å². The molecule has 16 heavy (non-hydrogen) atoms. The van der Waals surface area contributed by atoms with Crippen LogP contribution in [0.15, 0.2) is 10.2 Å². The molecule has 0 atom stereocenters. The van der Waals surface area contributed by atoms with Crippen molar-refractivity contribution in [3.05, 3.63) is 0 Å². The van der Waals surface area contributed by atoms with Gasteiger partial charge >= 0.3 is 0 Å². The molecule has 0 aromatic rings. The summed E-state index contributed by atoms with van der Waals surface area (Å²) >= 11 is 0. The smallest absolute Gasteiger partial charge is 0.156 e. The molecule has 0 amide bonds. The van der Waals surface area contributed by atoms with Gasteiger partial charge in [-0.1, -0.05) is 51.9 Å². The average molecular weight is 229 g/mol. The Balaban J connectivity index is 0. The molecular weight excluding hydrogens is 202 g/mol. The number of hydrazone groups is 1. The fraction of sp³-hybridized carbons (Fsp3) is 0.909. The van der Waals surface area contributed by atoms with Crippen LogP contribution in [-0.4, -0.2) is 12.9 Å². The quantitative estimate of drug-likeness (QED) is 0.141. The number of hydrogen-bond donors (Lipinski definition) is 3. The van der Waals surface area contributed by atoms with Crippen LogP contribution in [0.3, 0.4) is 0 Å². The number of nitrogens with one attached hydrogen (secondary N) is 1. The van der Waals surface area contributed by atoms with E-state index < -0.39 is 0 Å². The molecule has 0 radical (unpaired) electrons. The van der Waals surface area contributed by atoms with E-state index in [1.807, 2.05) is 0 Å². The van der Waals surface area contributed by atoms with E-state index in [0.717, 1.165) is 12.9 Å². The van der Waals surface area contributed by atoms with Crippen LogP contribution in [0.25, 0.3) is 0 Å². The first-order valence-electron chi connectivity index (χ1n) is 6.11. The van der Waals surface area contributed by atoms with Gasteiger partial charge in [0.2, 0.25) is 0 Å². The van der Waals surface area contributed by atoms with E-state index in [-0.39, 0.29) is 0 Å². The third kappa shape index (κ3) is 23.1. The van der Waals surface area contributed by atoms with Crippen molar-refractivity contribution in [2.24, 2.45) is 21.8 Å². The van der Waals surface area contributed by atoms with Crippen molar-refractivity contribution < 1.29 is 0 Å². The first-order valence-corrected chi connectivity index (χ1v) is 6.11. The summed E-state index contributed by atoms with van der Waals surface area (Å²) < 4.78 is 0. The predicted molar refractivity (Wildman–Crippen MR) is 69.5 cm³/mol. The molecule has 0 aliphatic heterocycles. The number of hydrogen-bond acceptors (Lipinski definition) is 4. The van der Waals surface area contributed by atoms with Crippen molar-refractivity contribution in [1.82, 2.24) is 0 Å². The lowest BCUT2D eigenvalue weighted by atomic mass is 10.1. The minimum atomic E-state index is 0.870. The first-order chi connectivity index (χ1) is 7.83. The largest absolute Gasteiger partial charge is 0.330 e. The molecule has 5 heteroatoms. The number of nitrogens with two attached hydrogens (primary N) is 2. The van der Waals surface area contributed by atoms with Gasteiger partial charge in [-0.2, -0.15) is 5.10 Å². The lowest BCUT2D eigenvalue weighted by molar-refractivity contribution is 0.578. The molecule has 0 saturated carbocycles. The zero-order valence-corrected chi connectivity index (χ0v) is 10.5. The lowest BCUT2D eigenvalue weighted by Gasteiger charge is -1.99. The molecule has 5 nitrogen and oxygen atoms in total. The number of nitrogens with zero attached hydrogens (tertiary/aromatic N) is 2. The second kappa shape index (κ2) is 19.6. The van der Waals surface area contributed by atoms with Crippen molar-refractivity contribution >= 4 is 6.34 Å². The maximum atomic E-state index is 6.00. The Morgan fingerprint density at radius 2 is 1.50 bits per heavy atom. The van der Waals surface area contributed by atoms with Crippen molar-refractivity contribution in [2.45, 2.75) is 58.3 Å². The topological polar surface area (TPSA) is 101 Å². The monoisotopic (exact) mass is 229 g/mol. The second-order valence-corrected chi connectivity index (χ2v) is 3.66. The highest BCUT2D eigenvalue weighted by Crippen LogP contribution is 2.07. The molecule has 0 heterocycles. The molecule has 0 saturated heterocycles. The Labute approximate surface area is 99.2 Å². The minimum absolute atomic E-state index is 0.870. The van der Waals surface area contributed by atoms with Crippen LogP contribution in [0.1, 0.15) is 58.3 Å². The highest BCUT2D eigenvalue weighted by Gasteiger charge is 1.89. The van der Waals surface area contributed by atoms with Crippen LogP contribution in [0.4, 0.5) is 0 Å². The fourth-order valence-electron chi connectivity index (χ4n) is 1.31. The summed E-state index contributed by atoms with van der Waals surface area (Å²) in [5.74, 6) is 4.49. The Kier molecular flexibility index (Phi) is 21.3. The maximum Gasteiger partial charge on any atom is 0.156 e. The van der Waals surface area contributed by atoms with Crippen LogP contribution in [0.2, 0.25) is 0 Å². The Morgan fingerprint density at radius 1 is 1.00 bits per heavy atom. The van der Waals surface area contributed by atoms with E-state index in [9.17, 15) is 0 Å². The van der Waals surface area contributed by atoms with E-state index in [0.29, 0.717) is 0 Å². The van der Waals surface area contributed by atoms with Gasteiger partial charge in [-0.15, -0.1) is 5.11 Å². The molecule has 0 rings (SSSR count). The Morgan fingerprint density at radius 3 is 1.81 bits per heavy atom. The molecule has 0 fully saturated rings. The van der Waals surface area contributed by atoms with E-state index in [1.165, 1.54) is 51.4 Å². The molecule has 0 bridgehead atoms. The highest BCUT2D eigenvalue weighted by atomic mass is 15.2. The van der Waals surface area contributed by atoms with E-state index in [2.05, 4.69) is 23.0 Å². The molecule has 0 aliphatic carbocycles. The van der Waals surface area contributed by atoms with Crippen LogP contribution in [0.5, 0.6) is 0 Å². The summed E-state index contributed by atoms with van der Waals surface area (Å²) in [6.07, 6.45) is 11.9. The van der Waals surface area contributed by atoms with Gasteiger partial charge in [-0.25, -0.2) is 5.53 Å². The molecule has 5 N–H and O–H groups in total. The second-order valence-electron chi connectivity index (χ2n) is 3.66. The standard InChI is InChI=1S/C10H23N.CH4N4/c1-2-3-4-5-6-7-8-9-10-11;2-4-1-5-3/h2-11H2,1H3;1-2H,3H2. The van der Waals surface area contributed by atoms with Gasteiger partial charge in [0.25, 0.3) is 0 Å². The summed E-state index contributed by atoms with van der Waals surface area (Å²) in [5.41, 5.74) is 11.4. The van der Waals surface area contributed by atoms with Gasteiger partial charge in [0.05, 0.1) is 0 Å². The van der Waals surface area contributed by atoms with E-state index in [4.69, 9.17) is 11.3 Å². The third-order valence-corrected chi connectivity index (χ3v) is 2.18. The van der Waals surface area contributed by atoms with E-state index >= 15 is 0 Å². The summed E-state index contributed by atoms with van der Waals surface area (Å²) in [6.45, 7) is 3.13. The zero-order valence-electron chi connectivity index (χ0n) is 10.5. The van der Waals surface area contributed by atoms with Gasteiger partial charge in [0.15, 0.2) is 6.34 Å². The zero-order chi connectivity index (χ0) is 12.5. The van der Waals surface area contributed by atoms with Gasteiger partial charge in [-0.05, 0) is 13.0 Å². The molecular formula is C11H27N5. The summed E-state index contributed by atoms with van der Waals surface area (Å²) in [4.78, 5) is 0. The summed E-state index contributed by atoms with van der Waals surface area (Å²) in [6, 6.07) is 0. The predicted octanol–water partition coefficient (Wildman–Crippen LogP) is 3.01.